The van der Waals surface area contributed by atoms with E-state index in [9.17, 15) is 14.4 Å². The largest absolute Gasteiger partial charge is 0.481 e. The average molecular weight is 525 g/mol. The van der Waals surface area contributed by atoms with Crippen molar-refractivity contribution in [3.8, 4) is 17.0 Å². The number of anilines is 2. The van der Waals surface area contributed by atoms with Crippen molar-refractivity contribution in [1.29, 1.82) is 0 Å². The molecule has 0 aliphatic carbocycles. The summed E-state index contributed by atoms with van der Waals surface area (Å²) >= 11 is 0. The third-order valence-corrected chi connectivity index (χ3v) is 5.27. The Morgan fingerprint density at radius 3 is 2.34 bits per heavy atom. The van der Waals surface area contributed by atoms with Gasteiger partial charge in [0.2, 0.25) is 11.8 Å². The van der Waals surface area contributed by atoms with Crippen LogP contribution < -0.4 is 20.7 Å². The molecule has 0 aliphatic heterocycles. The van der Waals surface area contributed by atoms with E-state index in [-0.39, 0.29) is 5.91 Å². The topological polar surface area (TPSA) is 128 Å². The van der Waals surface area contributed by atoms with E-state index >= 15 is 0 Å². The van der Waals surface area contributed by atoms with Gasteiger partial charge in [0.1, 0.15) is 5.60 Å². The van der Waals surface area contributed by atoms with Crippen molar-refractivity contribution in [3.05, 3.63) is 61.3 Å². The molecule has 10 heteroatoms. The molecule has 0 saturated carbocycles. The highest BCUT2D eigenvalue weighted by Gasteiger charge is 2.23. The summed E-state index contributed by atoms with van der Waals surface area (Å²) in [5.74, 6) is -0.447. The molecule has 2 atom stereocenters. The van der Waals surface area contributed by atoms with E-state index in [0.717, 1.165) is 0 Å². The number of rotatable bonds is 10. The highest BCUT2D eigenvalue weighted by molar-refractivity contribution is 5.99. The second-order valence-corrected chi connectivity index (χ2v) is 9.44. The molecule has 3 N–H and O–H groups in total. The Bertz CT molecular complexity index is 1190. The van der Waals surface area contributed by atoms with Crippen LogP contribution in [0.2, 0.25) is 0 Å². The number of amides is 3. The molecule has 1 aromatic heterocycles. The van der Waals surface area contributed by atoms with Gasteiger partial charge in [-0.3, -0.25) is 10.1 Å². The fraction of sp³-hybridized carbons (Fsp3) is 0.357. The first-order valence-corrected chi connectivity index (χ1v) is 12.0. The van der Waals surface area contributed by atoms with Gasteiger partial charge >= 0.3 is 12.2 Å². The molecule has 38 heavy (non-hydrogen) atoms. The van der Waals surface area contributed by atoms with Gasteiger partial charge in [0, 0.05) is 17.3 Å². The first-order chi connectivity index (χ1) is 17.9. The molecule has 0 spiro atoms. The highest BCUT2D eigenvalue weighted by Crippen LogP contribution is 2.35. The van der Waals surface area contributed by atoms with Crippen molar-refractivity contribution in [3.63, 3.8) is 0 Å². The van der Waals surface area contributed by atoms with Crippen LogP contribution in [0.4, 0.5) is 21.0 Å². The average Bonchev–Trinajstić information content (AvgIpc) is 2.86. The third kappa shape index (κ3) is 8.65. The first-order valence-electron chi connectivity index (χ1n) is 12.0. The lowest BCUT2D eigenvalue weighted by atomic mass is 9.99. The summed E-state index contributed by atoms with van der Waals surface area (Å²) < 4.78 is 15.5. The van der Waals surface area contributed by atoms with E-state index in [1.807, 2.05) is 0 Å². The minimum absolute atomic E-state index is 0.283. The lowest BCUT2D eigenvalue weighted by Gasteiger charge is -2.23. The molecular formula is C28H36N4O6. The van der Waals surface area contributed by atoms with E-state index in [1.54, 1.807) is 64.1 Å². The second-order valence-electron chi connectivity index (χ2n) is 9.44. The second kappa shape index (κ2) is 13.3. The molecule has 204 valence electrons. The summed E-state index contributed by atoms with van der Waals surface area (Å²) in [6, 6.07) is 7.95. The molecule has 3 amide bonds. The van der Waals surface area contributed by atoms with Gasteiger partial charge < -0.3 is 24.8 Å². The molecule has 0 radical (unpaired) electrons. The maximum atomic E-state index is 12.7. The van der Waals surface area contributed by atoms with Crippen LogP contribution in [0.1, 0.15) is 45.9 Å². The molecule has 0 aliphatic rings. The fourth-order valence-electron chi connectivity index (χ4n) is 3.33. The SMILES string of the molecule is C=CC[C@H](NC(=O)OC(C)(C)C)c1cc(-c2ccc(NC(=O)OC)cc2NC(=O)C(C)C=C)cc(OC)n1. The highest BCUT2D eigenvalue weighted by atomic mass is 16.6. The molecule has 2 aromatic rings. The summed E-state index contributed by atoms with van der Waals surface area (Å²) in [5.41, 5.74) is 1.95. The molecule has 1 aromatic carbocycles. The lowest BCUT2D eigenvalue weighted by molar-refractivity contribution is -0.118. The van der Waals surface area contributed by atoms with Crippen LogP contribution in [0, 0.1) is 5.92 Å². The summed E-state index contributed by atoms with van der Waals surface area (Å²) in [4.78, 5) is 41.5. The zero-order valence-corrected chi connectivity index (χ0v) is 22.7. The number of ether oxygens (including phenoxy) is 3. The van der Waals surface area contributed by atoms with Gasteiger partial charge in [-0.05, 0) is 51.0 Å². The maximum absolute atomic E-state index is 12.7. The molecule has 0 bridgehead atoms. The number of pyridine rings is 1. The third-order valence-electron chi connectivity index (χ3n) is 5.27. The Morgan fingerprint density at radius 2 is 1.76 bits per heavy atom. The summed E-state index contributed by atoms with van der Waals surface area (Å²) in [6.07, 6.45) is 2.32. The number of alkyl carbamates (subject to hydrolysis) is 1. The van der Waals surface area contributed by atoms with Crippen molar-refractivity contribution >= 4 is 29.5 Å². The predicted octanol–water partition coefficient (Wildman–Crippen LogP) is 5.84. The summed E-state index contributed by atoms with van der Waals surface area (Å²) in [5, 5.41) is 8.32. The van der Waals surface area contributed by atoms with Gasteiger partial charge in [0.15, 0.2) is 0 Å². The Kier molecular flexibility index (Phi) is 10.4. The van der Waals surface area contributed by atoms with Crippen LogP contribution in [0.5, 0.6) is 5.88 Å². The lowest BCUT2D eigenvalue weighted by Crippen LogP contribution is -2.35. The van der Waals surface area contributed by atoms with Gasteiger partial charge in [-0.15, -0.1) is 13.2 Å². The number of benzene rings is 1. The standard InChI is InChI=1S/C28H36N4O6/c1-9-11-21(32-27(35)38-28(4,5)6)23-14-18(15-24(30-23)36-7)20-13-12-19(29-26(34)37-8)16-22(20)31-25(33)17(3)10-2/h9-10,12-17,21H,1-2,11H2,3-8H3,(H,29,34)(H,31,33)(H,32,35)/t17?,21-/m0/s1. The van der Waals surface area contributed by atoms with Crippen LogP contribution in [0.15, 0.2) is 55.6 Å². The van der Waals surface area contributed by atoms with Gasteiger partial charge in [-0.25, -0.2) is 14.6 Å². The number of nitrogens with zero attached hydrogens (tertiary/aromatic N) is 1. The van der Waals surface area contributed by atoms with Crippen molar-refractivity contribution < 1.29 is 28.6 Å². The first kappa shape index (κ1) is 29.9. The maximum Gasteiger partial charge on any atom is 0.411 e. The summed E-state index contributed by atoms with van der Waals surface area (Å²) in [6.45, 7) is 14.5. The number of carbonyl (C=O) groups is 3. The number of hydrogen-bond donors (Lipinski definition) is 3. The van der Waals surface area contributed by atoms with E-state index in [1.165, 1.54) is 20.3 Å². The molecule has 0 saturated heterocycles. The normalized spacial score (nSPS) is 12.4. The van der Waals surface area contributed by atoms with Crippen molar-refractivity contribution in [2.24, 2.45) is 5.92 Å². The minimum Gasteiger partial charge on any atom is -0.481 e. The fourth-order valence-corrected chi connectivity index (χ4v) is 3.33. The van der Waals surface area contributed by atoms with Crippen LogP contribution in [-0.2, 0) is 14.3 Å². The molecule has 0 fully saturated rings. The van der Waals surface area contributed by atoms with E-state index in [4.69, 9.17) is 9.47 Å². The van der Waals surface area contributed by atoms with Gasteiger partial charge in [0.05, 0.1) is 37.6 Å². The Labute approximate surface area is 223 Å². The molecular weight excluding hydrogens is 488 g/mol. The molecule has 1 unspecified atom stereocenters. The Morgan fingerprint density at radius 1 is 1.05 bits per heavy atom. The van der Waals surface area contributed by atoms with Crippen molar-refractivity contribution in [2.75, 3.05) is 24.9 Å². The molecule has 10 nitrogen and oxygen atoms in total. The van der Waals surface area contributed by atoms with Gasteiger partial charge in [0.25, 0.3) is 0 Å². The molecule has 2 rings (SSSR count). The summed E-state index contributed by atoms with van der Waals surface area (Å²) in [7, 11) is 2.74. The van der Waals surface area contributed by atoms with E-state index in [0.29, 0.717) is 40.5 Å². The van der Waals surface area contributed by atoms with Gasteiger partial charge in [-0.2, -0.15) is 0 Å². The number of nitrogens with one attached hydrogen (secondary N) is 3. The van der Waals surface area contributed by atoms with Crippen LogP contribution in [0.25, 0.3) is 11.1 Å². The number of aromatic nitrogens is 1. The van der Waals surface area contributed by atoms with E-state index < -0.39 is 29.7 Å². The predicted molar refractivity (Wildman–Crippen MR) is 147 cm³/mol. The van der Waals surface area contributed by atoms with E-state index in [2.05, 4.69) is 38.8 Å². The van der Waals surface area contributed by atoms with Crippen molar-refractivity contribution in [2.45, 2.75) is 45.8 Å². The van der Waals surface area contributed by atoms with Crippen LogP contribution in [0.3, 0.4) is 0 Å². The molecule has 1 heterocycles. The van der Waals surface area contributed by atoms with Crippen LogP contribution in [-0.4, -0.2) is 42.9 Å². The zero-order chi connectivity index (χ0) is 28.5. The number of carbonyl (C=O) groups excluding carboxylic acids is 3. The quantitative estimate of drug-likeness (QED) is 0.333. The van der Waals surface area contributed by atoms with Gasteiger partial charge in [-0.1, -0.05) is 25.1 Å². The Balaban J connectivity index is 2.59. The van der Waals surface area contributed by atoms with Crippen LogP contribution >= 0.6 is 0 Å². The smallest absolute Gasteiger partial charge is 0.411 e. The minimum atomic E-state index is -0.675. The van der Waals surface area contributed by atoms with Crippen molar-refractivity contribution in [1.82, 2.24) is 10.3 Å². The number of methoxy groups -OCH3 is 2. The number of hydrogen-bond acceptors (Lipinski definition) is 7. The zero-order valence-electron chi connectivity index (χ0n) is 22.7. The Hall–Kier alpha value is -4.34. The monoisotopic (exact) mass is 524 g/mol.